The molecule has 0 fully saturated rings. The van der Waals surface area contributed by atoms with Crippen LogP contribution in [0.1, 0.15) is 16.8 Å². The molecule has 2 rings (SSSR count). The molecule has 0 bridgehead atoms. The number of benzene rings is 1. The molecule has 0 radical (unpaired) electrons. The van der Waals surface area contributed by atoms with Gasteiger partial charge in [-0.25, -0.2) is 13.8 Å². The van der Waals surface area contributed by atoms with Crippen molar-refractivity contribution in [3.05, 3.63) is 58.7 Å². The van der Waals surface area contributed by atoms with Crippen LogP contribution in [0.2, 0.25) is 0 Å². The molecule has 0 unspecified atom stereocenters. The quantitative estimate of drug-likeness (QED) is 0.879. The first-order chi connectivity index (χ1) is 10.0. The normalized spacial score (nSPS) is 10.2. The summed E-state index contributed by atoms with van der Waals surface area (Å²) in [6.07, 6.45) is 0.0979. The van der Waals surface area contributed by atoms with Gasteiger partial charge < -0.3 is 5.32 Å². The van der Waals surface area contributed by atoms with Crippen molar-refractivity contribution in [2.45, 2.75) is 13.3 Å². The van der Waals surface area contributed by atoms with Crippen molar-refractivity contribution in [3.8, 4) is 6.07 Å². The van der Waals surface area contributed by atoms with Gasteiger partial charge in [0.05, 0.1) is 17.3 Å². The third-order valence-electron chi connectivity index (χ3n) is 3.01. The van der Waals surface area contributed by atoms with E-state index in [0.717, 1.165) is 0 Å². The predicted molar refractivity (Wildman–Crippen MR) is 72.2 cm³/mol. The van der Waals surface area contributed by atoms with E-state index in [1.807, 2.05) is 6.07 Å². The van der Waals surface area contributed by atoms with E-state index in [-0.39, 0.29) is 24.2 Å². The number of hydrogen-bond acceptors (Lipinski definition) is 3. The SMILES string of the molecule is Cc1c(F)c(F)nc(CCNc2cccc(C#N)c2)c1F. The summed E-state index contributed by atoms with van der Waals surface area (Å²) in [6.45, 7) is 1.45. The van der Waals surface area contributed by atoms with E-state index < -0.39 is 17.6 Å². The average Bonchev–Trinajstić information content (AvgIpc) is 2.50. The molecule has 1 N–H and O–H groups in total. The van der Waals surface area contributed by atoms with Gasteiger partial charge in [0.2, 0.25) is 5.95 Å². The lowest BCUT2D eigenvalue weighted by Crippen LogP contribution is -2.11. The van der Waals surface area contributed by atoms with Gasteiger partial charge in [0.1, 0.15) is 0 Å². The van der Waals surface area contributed by atoms with Crippen LogP contribution in [0.4, 0.5) is 18.9 Å². The van der Waals surface area contributed by atoms with Crippen molar-refractivity contribution in [2.24, 2.45) is 0 Å². The summed E-state index contributed by atoms with van der Waals surface area (Å²) in [5, 5.41) is 11.7. The molecule has 0 atom stereocenters. The largest absolute Gasteiger partial charge is 0.385 e. The van der Waals surface area contributed by atoms with Crippen LogP contribution < -0.4 is 5.32 Å². The Bertz CT molecular complexity index is 708. The molecule has 1 aromatic heterocycles. The Kier molecular flexibility index (Phi) is 4.43. The summed E-state index contributed by atoms with van der Waals surface area (Å²) in [5.41, 5.74) is 0.682. The van der Waals surface area contributed by atoms with E-state index in [9.17, 15) is 13.2 Å². The second-order valence-corrected chi connectivity index (χ2v) is 4.47. The van der Waals surface area contributed by atoms with Gasteiger partial charge in [-0.1, -0.05) is 6.07 Å². The summed E-state index contributed by atoms with van der Waals surface area (Å²) in [7, 11) is 0. The van der Waals surface area contributed by atoms with Crippen LogP contribution in [-0.2, 0) is 6.42 Å². The van der Waals surface area contributed by atoms with Crippen LogP contribution in [0.25, 0.3) is 0 Å². The first-order valence-corrected chi connectivity index (χ1v) is 6.27. The van der Waals surface area contributed by atoms with Gasteiger partial charge in [-0.05, 0) is 25.1 Å². The Balaban J connectivity index is 2.06. The monoisotopic (exact) mass is 291 g/mol. The molecule has 0 aliphatic carbocycles. The number of hydrogen-bond donors (Lipinski definition) is 1. The predicted octanol–water partition coefficient (Wildman–Crippen LogP) is 3.33. The summed E-state index contributed by atoms with van der Waals surface area (Å²) in [4.78, 5) is 3.29. The number of aromatic nitrogens is 1. The van der Waals surface area contributed by atoms with Crippen LogP contribution in [-0.4, -0.2) is 11.5 Å². The smallest absolute Gasteiger partial charge is 0.249 e. The Morgan fingerprint density at radius 2 is 2.00 bits per heavy atom. The maximum Gasteiger partial charge on any atom is 0.249 e. The van der Waals surface area contributed by atoms with Crippen LogP contribution in [0.3, 0.4) is 0 Å². The third kappa shape index (κ3) is 3.31. The standard InChI is InChI=1S/C15H12F3N3/c1-9-13(16)12(21-15(18)14(9)17)5-6-20-11-4-2-3-10(7-11)8-19/h2-4,7,20H,5-6H2,1H3. The summed E-state index contributed by atoms with van der Waals surface area (Å²) < 4.78 is 40.0. The summed E-state index contributed by atoms with van der Waals surface area (Å²) in [5.74, 6) is -3.39. The molecule has 0 saturated carbocycles. The molecular weight excluding hydrogens is 279 g/mol. The van der Waals surface area contributed by atoms with Crippen LogP contribution in [0.15, 0.2) is 24.3 Å². The van der Waals surface area contributed by atoms with Gasteiger partial charge in [-0.15, -0.1) is 0 Å². The number of nitriles is 1. The lowest BCUT2D eigenvalue weighted by Gasteiger charge is -2.09. The lowest BCUT2D eigenvalue weighted by molar-refractivity contribution is 0.448. The number of nitrogens with zero attached hydrogens (tertiary/aromatic N) is 2. The van der Waals surface area contributed by atoms with Gasteiger partial charge >= 0.3 is 0 Å². The number of nitrogens with one attached hydrogen (secondary N) is 1. The number of pyridine rings is 1. The third-order valence-corrected chi connectivity index (χ3v) is 3.01. The molecule has 0 aliphatic heterocycles. The molecule has 1 aromatic carbocycles. The molecule has 21 heavy (non-hydrogen) atoms. The molecule has 2 aromatic rings. The molecule has 1 heterocycles. The molecule has 6 heteroatoms. The Morgan fingerprint density at radius 1 is 1.24 bits per heavy atom. The van der Waals surface area contributed by atoms with Gasteiger partial charge in [0.25, 0.3) is 0 Å². The molecular formula is C15H12F3N3. The number of anilines is 1. The van der Waals surface area contributed by atoms with E-state index in [0.29, 0.717) is 11.3 Å². The van der Waals surface area contributed by atoms with Crippen molar-refractivity contribution < 1.29 is 13.2 Å². The summed E-state index contributed by atoms with van der Waals surface area (Å²) in [6, 6.07) is 8.76. The van der Waals surface area contributed by atoms with Crippen molar-refractivity contribution in [1.82, 2.24) is 4.98 Å². The van der Waals surface area contributed by atoms with Crippen molar-refractivity contribution in [2.75, 3.05) is 11.9 Å². The van der Waals surface area contributed by atoms with Gasteiger partial charge in [0.15, 0.2) is 11.6 Å². The first-order valence-electron chi connectivity index (χ1n) is 6.27. The maximum absolute atomic E-state index is 13.7. The second kappa shape index (κ2) is 6.27. The van der Waals surface area contributed by atoms with Gasteiger partial charge in [0, 0.05) is 24.2 Å². The fourth-order valence-corrected chi connectivity index (χ4v) is 1.87. The zero-order chi connectivity index (χ0) is 15.4. The van der Waals surface area contributed by atoms with E-state index in [2.05, 4.69) is 10.3 Å². The first kappa shape index (κ1) is 14.9. The fourth-order valence-electron chi connectivity index (χ4n) is 1.87. The van der Waals surface area contributed by atoms with E-state index in [4.69, 9.17) is 5.26 Å². The highest BCUT2D eigenvalue weighted by Crippen LogP contribution is 2.17. The zero-order valence-electron chi connectivity index (χ0n) is 11.3. The van der Waals surface area contributed by atoms with E-state index in [1.54, 1.807) is 24.3 Å². The number of rotatable bonds is 4. The fraction of sp³-hybridized carbons (Fsp3) is 0.200. The summed E-state index contributed by atoms with van der Waals surface area (Å²) >= 11 is 0. The minimum Gasteiger partial charge on any atom is -0.385 e. The Labute approximate surface area is 120 Å². The van der Waals surface area contributed by atoms with E-state index in [1.165, 1.54) is 6.92 Å². The maximum atomic E-state index is 13.7. The minimum atomic E-state index is -1.30. The molecule has 0 saturated heterocycles. The van der Waals surface area contributed by atoms with Crippen molar-refractivity contribution >= 4 is 5.69 Å². The van der Waals surface area contributed by atoms with Crippen molar-refractivity contribution in [1.29, 1.82) is 5.26 Å². The van der Waals surface area contributed by atoms with Crippen LogP contribution in [0.5, 0.6) is 0 Å². The van der Waals surface area contributed by atoms with Gasteiger partial charge in [-0.3, -0.25) is 0 Å². The Morgan fingerprint density at radius 3 is 2.71 bits per heavy atom. The topological polar surface area (TPSA) is 48.7 Å². The van der Waals surface area contributed by atoms with Crippen LogP contribution >= 0.6 is 0 Å². The highest BCUT2D eigenvalue weighted by Gasteiger charge is 2.16. The highest BCUT2D eigenvalue weighted by molar-refractivity contribution is 5.49. The van der Waals surface area contributed by atoms with Crippen LogP contribution in [0, 0.1) is 35.8 Å². The number of halogens is 3. The molecule has 3 nitrogen and oxygen atoms in total. The molecule has 108 valence electrons. The zero-order valence-corrected chi connectivity index (χ0v) is 11.3. The average molecular weight is 291 g/mol. The second-order valence-electron chi connectivity index (χ2n) is 4.47. The lowest BCUT2D eigenvalue weighted by atomic mass is 10.1. The highest BCUT2D eigenvalue weighted by atomic mass is 19.2. The van der Waals surface area contributed by atoms with Crippen molar-refractivity contribution in [3.63, 3.8) is 0 Å². The minimum absolute atomic E-state index is 0.0979. The molecule has 0 amide bonds. The molecule has 0 spiro atoms. The van der Waals surface area contributed by atoms with E-state index >= 15 is 0 Å². The Hall–Kier alpha value is -2.55. The van der Waals surface area contributed by atoms with Gasteiger partial charge in [-0.2, -0.15) is 9.65 Å². The molecule has 0 aliphatic rings.